The van der Waals surface area contributed by atoms with Gasteiger partial charge in [0.1, 0.15) is 23.3 Å². The van der Waals surface area contributed by atoms with Gasteiger partial charge in [-0.3, -0.25) is 0 Å². The number of rotatable bonds is 3. The third-order valence-corrected chi connectivity index (χ3v) is 3.14. The Morgan fingerprint density at radius 3 is 2.16 bits per heavy atom. The number of benzene rings is 2. The molecule has 6 heteroatoms. The fraction of sp³-hybridized carbons (Fsp3) is 0.0769. The molecule has 0 aliphatic heterocycles. The molecule has 19 heavy (non-hydrogen) atoms. The van der Waals surface area contributed by atoms with Gasteiger partial charge in [-0.2, -0.15) is 0 Å². The monoisotopic (exact) mass is 333 g/mol. The van der Waals surface area contributed by atoms with Gasteiger partial charge >= 0.3 is 0 Å². The summed E-state index contributed by atoms with van der Waals surface area (Å²) in [4.78, 5) is 0. The Morgan fingerprint density at radius 1 is 0.947 bits per heavy atom. The Bertz CT molecular complexity index is 572. The van der Waals surface area contributed by atoms with E-state index in [0.717, 1.165) is 18.2 Å². The van der Waals surface area contributed by atoms with Gasteiger partial charge in [-0.15, -0.1) is 0 Å². The molecule has 2 rings (SSSR count). The van der Waals surface area contributed by atoms with Crippen molar-refractivity contribution in [1.82, 2.24) is 0 Å². The molecule has 100 valence electrons. The third-order valence-electron chi connectivity index (χ3n) is 2.51. The van der Waals surface area contributed by atoms with Crippen LogP contribution in [0.15, 0.2) is 34.8 Å². The molecule has 0 bridgehead atoms. The summed E-state index contributed by atoms with van der Waals surface area (Å²) >= 11 is 2.98. The van der Waals surface area contributed by atoms with E-state index in [1.165, 1.54) is 6.07 Å². The zero-order chi connectivity index (χ0) is 14.0. The first-order chi connectivity index (χ1) is 8.99. The Morgan fingerprint density at radius 2 is 1.58 bits per heavy atom. The number of halogens is 5. The van der Waals surface area contributed by atoms with Crippen LogP contribution in [0.25, 0.3) is 0 Å². The van der Waals surface area contributed by atoms with E-state index < -0.39 is 23.3 Å². The predicted octanol–water partition coefficient (Wildman–Crippen LogP) is 4.62. The largest absolute Gasteiger partial charge is 0.377 e. The van der Waals surface area contributed by atoms with Crippen molar-refractivity contribution in [2.24, 2.45) is 0 Å². The lowest BCUT2D eigenvalue weighted by Gasteiger charge is -2.11. The number of anilines is 1. The molecule has 0 radical (unpaired) electrons. The molecule has 2 aromatic carbocycles. The minimum atomic E-state index is -0.844. The van der Waals surface area contributed by atoms with Gasteiger partial charge < -0.3 is 5.32 Å². The maximum atomic E-state index is 13.5. The molecule has 0 spiro atoms. The molecular weight excluding hydrogens is 326 g/mol. The highest BCUT2D eigenvalue weighted by Crippen LogP contribution is 2.27. The maximum absolute atomic E-state index is 13.5. The molecule has 1 nitrogen and oxygen atoms in total. The molecule has 0 unspecified atom stereocenters. The summed E-state index contributed by atoms with van der Waals surface area (Å²) in [7, 11) is 0. The highest BCUT2D eigenvalue weighted by atomic mass is 79.9. The first kappa shape index (κ1) is 13.9. The van der Waals surface area contributed by atoms with Crippen LogP contribution in [0.1, 0.15) is 5.56 Å². The zero-order valence-corrected chi connectivity index (χ0v) is 11.1. The number of hydrogen-bond donors (Lipinski definition) is 1. The van der Waals surface area contributed by atoms with Crippen LogP contribution in [0, 0.1) is 23.3 Å². The van der Waals surface area contributed by atoms with Crippen molar-refractivity contribution in [3.05, 3.63) is 63.6 Å². The second-order valence-electron chi connectivity index (χ2n) is 3.80. The molecule has 0 saturated carbocycles. The first-order valence-electron chi connectivity index (χ1n) is 5.30. The fourth-order valence-electron chi connectivity index (χ4n) is 1.59. The van der Waals surface area contributed by atoms with Crippen LogP contribution in [-0.4, -0.2) is 0 Å². The Balaban J connectivity index is 2.24. The molecule has 0 aromatic heterocycles. The average Bonchev–Trinajstić information content (AvgIpc) is 2.31. The number of nitrogens with one attached hydrogen (secondary N) is 1. The zero-order valence-electron chi connectivity index (χ0n) is 9.48. The van der Waals surface area contributed by atoms with Crippen molar-refractivity contribution >= 4 is 21.6 Å². The van der Waals surface area contributed by atoms with Crippen molar-refractivity contribution in [3.63, 3.8) is 0 Å². The molecule has 0 aliphatic carbocycles. The van der Waals surface area contributed by atoms with E-state index >= 15 is 0 Å². The van der Waals surface area contributed by atoms with Crippen LogP contribution in [0.4, 0.5) is 23.2 Å². The van der Waals surface area contributed by atoms with Gasteiger partial charge in [-0.25, -0.2) is 17.6 Å². The van der Waals surface area contributed by atoms with Gasteiger partial charge in [0, 0.05) is 22.6 Å². The summed E-state index contributed by atoms with van der Waals surface area (Å²) in [6.07, 6.45) is 0. The smallest absolute Gasteiger partial charge is 0.150 e. The summed E-state index contributed by atoms with van der Waals surface area (Å²) < 4.78 is 53.3. The minimum absolute atomic E-state index is 0.0518. The third kappa shape index (κ3) is 3.07. The molecule has 0 fully saturated rings. The Labute approximate surface area is 115 Å². The topological polar surface area (TPSA) is 12.0 Å². The Hall–Kier alpha value is -1.56. The van der Waals surface area contributed by atoms with E-state index in [-0.39, 0.29) is 22.3 Å². The lowest BCUT2D eigenvalue weighted by atomic mass is 10.2. The SMILES string of the molecule is Fc1cc(F)c(NCc2c(F)cccc2F)c(Br)c1. The molecule has 0 atom stereocenters. The summed E-state index contributed by atoms with van der Waals surface area (Å²) in [5, 5.41) is 2.54. The van der Waals surface area contributed by atoms with Crippen molar-refractivity contribution in [2.45, 2.75) is 6.54 Å². The molecular formula is C13H8BrF4N. The summed E-state index contributed by atoms with van der Waals surface area (Å²) in [5.74, 6) is -3.05. The minimum Gasteiger partial charge on any atom is -0.377 e. The highest BCUT2D eigenvalue weighted by Gasteiger charge is 2.12. The van der Waals surface area contributed by atoms with Crippen LogP contribution in [0.3, 0.4) is 0 Å². The molecule has 0 amide bonds. The molecule has 1 N–H and O–H groups in total. The van der Waals surface area contributed by atoms with Crippen molar-refractivity contribution in [2.75, 3.05) is 5.32 Å². The quantitative estimate of drug-likeness (QED) is 0.808. The van der Waals surface area contributed by atoms with Gasteiger partial charge in [0.15, 0.2) is 0 Å². The van der Waals surface area contributed by atoms with Crippen molar-refractivity contribution in [3.8, 4) is 0 Å². The summed E-state index contributed by atoms with van der Waals surface area (Å²) in [6, 6.07) is 5.20. The Kier molecular flexibility index (Phi) is 4.09. The highest BCUT2D eigenvalue weighted by molar-refractivity contribution is 9.10. The maximum Gasteiger partial charge on any atom is 0.150 e. The fourth-order valence-corrected chi connectivity index (χ4v) is 2.14. The first-order valence-corrected chi connectivity index (χ1v) is 6.09. The lowest BCUT2D eigenvalue weighted by molar-refractivity contribution is 0.558. The second-order valence-corrected chi connectivity index (χ2v) is 4.65. The van der Waals surface area contributed by atoms with E-state index in [1.54, 1.807) is 0 Å². The van der Waals surface area contributed by atoms with Gasteiger partial charge in [0.25, 0.3) is 0 Å². The van der Waals surface area contributed by atoms with E-state index in [9.17, 15) is 17.6 Å². The van der Waals surface area contributed by atoms with E-state index in [2.05, 4.69) is 21.2 Å². The summed E-state index contributed by atoms with van der Waals surface area (Å²) in [5.41, 5.74) is -0.262. The molecule has 2 aromatic rings. The van der Waals surface area contributed by atoms with Crippen LogP contribution in [0.2, 0.25) is 0 Å². The average molecular weight is 334 g/mol. The van der Waals surface area contributed by atoms with Gasteiger partial charge in [-0.05, 0) is 34.1 Å². The van der Waals surface area contributed by atoms with Gasteiger partial charge in [-0.1, -0.05) is 6.07 Å². The van der Waals surface area contributed by atoms with Crippen LogP contribution in [0.5, 0.6) is 0 Å². The van der Waals surface area contributed by atoms with Crippen molar-refractivity contribution in [1.29, 1.82) is 0 Å². The van der Waals surface area contributed by atoms with Crippen LogP contribution < -0.4 is 5.32 Å². The molecule has 0 aliphatic rings. The van der Waals surface area contributed by atoms with E-state index in [1.807, 2.05) is 0 Å². The second kappa shape index (κ2) is 5.61. The van der Waals surface area contributed by atoms with Crippen LogP contribution >= 0.6 is 15.9 Å². The summed E-state index contributed by atoms with van der Waals surface area (Å²) in [6.45, 7) is -0.250. The predicted molar refractivity (Wildman–Crippen MR) is 67.7 cm³/mol. The van der Waals surface area contributed by atoms with Crippen molar-refractivity contribution < 1.29 is 17.6 Å². The molecule has 0 heterocycles. The standard InChI is InChI=1S/C13H8BrF4N/c14-9-4-7(15)5-12(18)13(9)19-6-8-10(16)2-1-3-11(8)17/h1-5,19H,6H2. The van der Waals surface area contributed by atoms with Crippen LogP contribution in [-0.2, 0) is 6.54 Å². The van der Waals surface area contributed by atoms with E-state index in [0.29, 0.717) is 6.07 Å². The normalized spacial score (nSPS) is 10.6. The van der Waals surface area contributed by atoms with Gasteiger partial charge in [0.2, 0.25) is 0 Å². The molecule has 0 saturated heterocycles. The van der Waals surface area contributed by atoms with Gasteiger partial charge in [0.05, 0.1) is 5.69 Å². The lowest BCUT2D eigenvalue weighted by Crippen LogP contribution is -2.06. The number of hydrogen-bond acceptors (Lipinski definition) is 1. The van der Waals surface area contributed by atoms with E-state index in [4.69, 9.17) is 0 Å².